The van der Waals surface area contributed by atoms with E-state index in [9.17, 15) is 0 Å². The van der Waals surface area contributed by atoms with E-state index in [1.54, 1.807) is 0 Å². The van der Waals surface area contributed by atoms with Crippen LogP contribution in [0.2, 0.25) is 0 Å². The van der Waals surface area contributed by atoms with Crippen LogP contribution in [-0.4, -0.2) is 61.6 Å². The predicted octanol–water partition coefficient (Wildman–Crippen LogP) is 3.32. The Kier molecular flexibility index (Phi) is 7.92. The Morgan fingerprint density at radius 3 is 2.43 bits per heavy atom. The van der Waals surface area contributed by atoms with Crippen LogP contribution >= 0.6 is 24.0 Å². The zero-order valence-corrected chi connectivity index (χ0v) is 17.2. The van der Waals surface area contributed by atoms with Gasteiger partial charge in [0.25, 0.3) is 0 Å². The maximum atomic E-state index is 4.93. The van der Waals surface area contributed by atoms with Crippen molar-refractivity contribution >= 4 is 29.9 Å². The van der Waals surface area contributed by atoms with Crippen LogP contribution in [0.4, 0.5) is 0 Å². The van der Waals surface area contributed by atoms with Crippen molar-refractivity contribution in [2.45, 2.75) is 58.3 Å². The van der Waals surface area contributed by atoms with Gasteiger partial charge in [-0.15, -0.1) is 24.0 Å². The van der Waals surface area contributed by atoms with Gasteiger partial charge in [0.15, 0.2) is 5.96 Å². The fourth-order valence-electron chi connectivity index (χ4n) is 4.56. The maximum absolute atomic E-state index is 4.93. The Hall–Kier alpha value is -0.0400. The molecule has 0 unspecified atom stereocenters. The van der Waals surface area contributed by atoms with Crippen molar-refractivity contribution in [3.8, 4) is 0 Å². The number of halogens is 1. The second-order valence-electron chi connectivity index (χ2n) is 7.52. The average molecular weight is 434 g/mol. The molecule has 5 heteroatoms. The molecule has 0 aromatic carbocycles. The van der Waals surface area contributed by atoms with E-state index in [4.69, 9.17) is 4.99 Å². The van der Waals surface area contributed by atoms with Gasteiger partial charge in [0.05, 0.1) is 6.54 Å². The van der Waals surface area contributed by atoms with Crippen LogP contribution in [0.3, 0.4) is 0 Å². The maximum Gasteiger partial charge on any atom is 0.193 e. The van der Waals surface area contributed by atoms with E-state index < -0.39 is 0 Å². The number of nitrogens with one attached hydrogen (secondary N) is 1. The summed E-state index contributed by atoms with van der Waals surface area (Å²) in [6.45, 7) is 10.2. The van der Waals surface area contributed by atoms with Gasteiger partial charge in [-0.3, -0.25) is 4.99 Å². The van der Waals surface area contributed by atoms with E-state index >= 15 is 0 Å². The molecule has 3 aliphatic rings. The van der Waals surface area contributed by atoms with Crippen LogP contribution < -0.4 is 5.32 Å². The number of hydrogen-bond acceptors (Lipinski definition) is 2. The summed E-state index contributed by atoms with van der Waals surface area (Å²) in [5, 5.41) is 3.53. The Balaban J connectivity index is 0.00000192. The first-order valence-corrected chi connectivity index (χ1v) is 9.57. The van der Waals surface area contributed by atoms with Gasteiger partial charge in [0.2, 0.25) is 0 Å². The summed E-state index contributed by atoms with van der Waals surface area (Å²) in [6, 6.07) is 0. The lowest BCUT2D eigenvalue weighted by Crippen LogP contribution is -2.41. The molecule has 4 nitrogen and oxygen atoms in total. The van der Waals surface area contributed by atoms with E-state index in [0.29, 0.717) is 5.41 Å². The van der Waals surface area contributed by atoms with Crippen molar-refractivity contribution in [2.75, 3.05) is 45.8 Å². The highest BCUT2D eigenvalue weighted by Gasteiger charge is 2.41. The zero-order chi connectivity index (χ0) is 15.3. The lowest BCUT2D eigenvalue weighted by molar-refractivity contribution is 0.234. The number of nitrogens with zero attached hydrogens (tertiary/aromatic N) is 3. The largest absolute Gasteiger partial charge is 0.357 e. The Morgan fingerprint density at radius 2 is 1.74 bits per heavy atom. The van der Waals surface area contributed by atoms with Crippen LogP contribution in [0.15, 0.2) is 4.99 Å². The molecule has 0 radical (unpaired) electrons. The van der Waals surface area contributed by atoms with Gasteiger partial charge in [-0.05, 0) is 57.5 Å². The summed E-state index contributed by atoms with van der Waals surface area (Å²) in [4.78, 5) is 10.0. The van der Waals surface area contributed by atoms with Gasteiger partial charge in [0.1, 0.15) is 0 Å². The van der Waals surface area contributed by atoms with Gasteiger partial charge >= 0.3 is 0 Å². The SMILES string of the molecule is CCNC(=NCCN1CCCCC1)N1CCC2(CCCC2)C1.I. The first kappa shape index (κ1) is 19.3. The predicted molar refractivity (Wildman–Crippen MR) is 109 cm³/mol. The monoisotopic (exact) mass is 434 g/mol. The molecule has 1 spiro atoms. The van der Waals surface area contributed by atoms with Gasteiger partial charge in [-0.25, -0.2) is 0 Å². The van der Waals surface area contributed by atoms with Crippen molar-refractivity contribution in [3.63, 3.8) is 0 Å². The molecule has 3 rings (SSSR count). The third kappa shape index (κ3) is 5.21. The second kappa shape index (κ2) is 9.44. The van der Waals surface area contributed by atoms with Crippen molar-refractivity contribution in [1.82, 2.24) is 15.1 Å². The summed E-state index contributed by atoms with van der Waals surface area (Å²) in [6.07, 6.45) is 11.3. The number of piperidine rings is 1. The van der Waals surface area contributed by atoms with Crippen LogP contribution in [0, 0.1) is 5.41 Å². The van der Waals surface area contributed by atoms with E-state index in [1.807, 2.05) is 0 Å². The fraction of sp³-hybridized carbons (Fsp3) is 0.944. The topological polar surface area (TPSA) is 30.9 Å². The number of aliphatic imine (C=N–C) groups is 1. The summed E-state index contributed by atoms with van der Waals surface area (Å²) in [5.41, 5.74) is 0.628. The van der Waals surface area contributed by atoms with Gasteiger partial charge in [-0.2, -0.15) is 0 Å². The van der Waals surface area contributed by atoms with E-state index in [1.165, 1.54) is 83.5 Å². The number of likely N-dealkylation sites (tertiary alicyclic amines) is 2. The Bertz CT molecular complexity index is 373. The minimum atomic E-state index is 0. The molecule has 134 valence electrons. The van der Waals surface area contributed by atoms with E-state index in [2.05, 4.69) is 22.0 Å². The molecule has 2 heterocycles. The van der Waals surface area contributed by atoms with Gasteiger partial charge in [-0.1, -0.05) is 19.3 Å². The first-order chi connectivity index (χ1) is 10.8. The Morgan fingerprint density at radius 1 is 1.00 bits per heavy atom. The molecule has 1 aliphatic carbocycles. The molecule has 0 amide bonds. The quantitative estimate of drug-likeness (QED) is 0.419. The molecular weight excluding hydrogens is 399 g/mol. The number of guanidine groups is 1. The molecular formula is C18H35IN4. The average Bonchev–Trinajstić information content (AvgIpc) is 3.18. The summed E-state index contributed by atoms with van der Waals surface area (Å²) < 4.78 is 0. The molecule has 3 fully saturated rings. The highest BCUT2D eigenvalue weighted by atomic mass is 127. The summed E-state index contributed by atoms with van der Waals surface area (Å²) >= 11 is 0. The third-order valence-corrected chi connectivity index (χ3v) is 5.86. The molecule has 23 heavy (non-hydrogen) atoms. The number of hydrogen-bond donors (Lipinski definition) is 1. The van der Waals surface area contributed by atoms with E-state index in [0.717, 1.165) is 19.6 Å². The molecule has 0 aromatic heterocycles. The molecule has 0 bridgehead atoms. The van der Waals surface area contributed by atoms with Crippen molar-refractivity contribution in [1.29, 1.82) is 0 Å². The minimum Gasteiger partial charge on any atom is -0.357 e. The van der Waals surface area contributed by atoms with Gasteiger partial charge in [0, 0.05) is 26.2 Å². The van der Waals surface area contributed by atoms with Crippen LogP contribution in [0.25, 0.3) is 0 Å². The molecule has 0 atom stereocenters. The smallest absolute Gasteiger partial charge is 0.193 e. The highest BCUT2D eigenvalue weighted by Crippen LogP contribution is 2.45. The minimum absolute atomic E-state index is 0. The lowest BCUT2D eigenvalue weighted by Gasteiger charge is -2.27. The number of rotatable bonds is 4. The second-order valence-corrected chi connectivity index (χ2v) is 7.52. The normalized spacial score (nSPS) is 24.9. The fourth-order valence-corrected chi connectivity index (χ4v) is 4.56. The summed E-state index contributed by atoms with van der Waals surface area (Å²) in [7, 11) is 0. The molecule has 1 N–H and O–H groups in total. The Labute approximate surface area is 159 Å². The molecule has 2 saturated heterocycles. The van der Waals surface area contributed by atoms with E-state index in [-0.39, 0.29) is 24.0 Å². The third-order valence-electron chi connectivity index (χ3n) is 5.86. The molecule has 1 saturated carbocycles. The van der Waals surface area contributed by atoms with Gasteiger partial charge < -0.3 is 15.1 Å². The lowest BCUT2D eigenvalue weighted by atomic mass is 9.86. The first-order valence-electron chi connectivity index (χ1n) is 9.57. The van der Waals surface area contributed by atoms with Crippen LogP contribution in [0.5, 0.6) is 0 Å². The van der Waals surface area contributed by atoms with Crippen molar-refractivity contribution < 1.29 is 0 Å². The summed E-state index contributed by atoms with van der Waals surface area (Å²) in [5.74, 6) is 1.17. The highest BCUT2D eigenvalue weighted by molar-refractivity contribution is 14.0. The molecule has 0 aromatic rings. The van der Waals surface area contributed by atoms with Crippen LogP contribution in [0.1, 0.15) is 58.3 Å². The molecule has 2 aliphatic heterocycles. The standard InChI is InChI=1S/C18H34N4.HI/c1-2-19-17(20-11-15-21-12-6-3-7-13-21)22-14-10-18(16-22)8-4-5-9-18;/h2-16H2,1H3,(H,19,20);1H. The van der Waals surface area contributed by atoms with Crippen molar-refractivity contribution in [2.24, 2.45) is 10.4 Å². The van der Waals surface area contributed by atoms with Crippen molar-refractivity contribution in [3.05, 3.63) is 0 Å². The van der Waals surface area contributed by atoms with Crippen LogP contribution in [-0.2, 0) is 0 Å². The zero-order valence-electron chi connectivity index (χ0n) is 14.9.